The number of carbonyl (C=O) groups excluding carboxylic acids is 2. The van der Waals surface area contributed by atoms with E-state index in [9.17, 15) is 9.59 Å². The van der Waals surface area contributed by atoms with Gasteiger partial charge in [0.05, 0.1) is 7.11 Å². The summed E-state index contributed by atoms with van der Waals surface area (Å²) in [5.41, 5.74) is 1.61. The van der Waals surface area contributed by atoms with Crippen molar-refractivity contribution in [2.45, 2.75) is 19.8 Å². The summed E-state index contributed by atoms with van der Waals surface area (Å²) < 4.78 is 10.6. The fraction of sp³-hybridized carbons (Fsp3) is 0.200. The molecule has 1 heterocycles. The SMILES string of the molecule is CCCC(=O)Nc1cccc(C(=O)Nc2nnc(-c3ccc(OC)cc3)o2)c1. The molecule has 0 aliphatic heterocycles. The summed E-state index contributed by atoms with van der Waals surface area (Å²) in [6.45, 7) is 1.92. The molecular weight excluding hydrogens is 360 g/mol. The number of aromatic nitrogens is 2. The van der Waals surface area contributed by atoms with Crippen LogP contribution in [0.2, 0.25) is 0 Å². The predicted molar refractivity (Wildman–Crippen MR) is 104 cm³/mol. The van der Waals surface area contributed by atoms with E-state index in [2.05, 4.69) is 20.8 Å². The van der Waals surface area contributed by atoms with Crippen LogP contribution in [0.4, 0.5) is 11.7 Å². The van der Waals surface area contributed by atoms with Crippen LogP contribution in [-0.4, -0.2) is 29.1 Å². The molecule has 0 unspecified atom stereocenters. The number of nitrogens with zero attached hydrogens (tertiary/aromatic N) is 2. The van der Waals surface area contributed by atoms with Crippen molar-refractivity contribution < 1.29 is 18.7 Å². The Morgan fingerprint density at radius 1 is 1.07 bits per heavy atom. The Labute approximate surface area is 161 Å². The Hall–Kier alpha value is -3.68. The lowest BCUT2D eigenvalue weighted by Gasteiger charge is -2.06. The number of ether oxygens (including phenoxy) is 1. The lowest BCUT2D eigenvalue weighted by molar-refractivity contribution is -0.116. The smallest absolute Gasteiger partial charge is 0.322 e. The third-order valence-electron chi connectivity index (χ3n) is 3.87. The van der Waals surface area contributed by atoms with Gasteiger partial charge in [0, 0.05) is 23.2 Å². The molecule has 144 valence electrons. The molecule has 0 saturated carbocycles. The van der Waals surface area contributed by atoms with Crippen LogP contribution in [0.5, 0.6) is 5.75 Å². The van der Waals surface area contributed by atoms with Gasteiger partial charge in [0.15, 0.2) is 0 Å². The lowest BCUT2D eigenvalue weighted by atomic mass is 10.2. The van der Waals surface area contributed by atoms with Crippen LogP contribution < -0.4 is 15.4 Å². The van der Waals surface area contributed by atoms with E-state index in [1.165, 1.54) is 0 Å². The Bertz CT molecular complexity index is 966. The number of hydrogen-bond donors (Lipinski definition) is 2. The first-order valence-corrected chi connectivity index (χ1v) is 8.78. The van der Waals surface area contributed by atoms with Crippen molar-refractivity contribution in [1.29, 1.82) is 0 Å². The van der Waals surface area contributed by atoms with Crippen molar-refractivity contribution in [2.75, 3.05) is 17.7 Å². The summed E-state index contributed by atoms with van der Waals surface area (Å²) in [5.74, 6) is 0.471. The van der Waals surface area contributed by atoms with Crippen LogP contribution in [-0.2, 0) is 4.79 Å². The molecule has 0 bridgehead atoms. The third-order valence-corrected chi connectivity index (χ3v) is 3.87. The number of benzene rings is 2. The predicted octanol–water partition coefficient (Wildman–Crippen LogP) is 3.74. The Morgan fingerprint density at radius 2 is 1.86 bits per heavy atom. The first-order chi connectivity index (χ1) is 13.6. The molecule has 0 spiro atoms. The van der Waals surface area contributed by atoms with Gasteiger partial charge >= 0.3 is 6.01 Å². The van der Waals surface area contributed by atoms with Crippen molar-refractivity contribution in [3.8, 4) is 17.2 Å². The van der Waals surface area contributed by atoms with Gasteiger partial charge in [0.25, 0.3) is 5.91 Å². The molecule has 3 rings (SSSR count). The first-order valence-electron chi connectivity index (χ1n) is 8.78. The molecule has 0 radical (unpaired) electrons. The molecule has 2 N–H and O–H groups in total. The molecule has 0 fully saturated rings. The summed E-state index contributed by atoms with van der Waals surface area (Å²) >= 11 is 0. The number of amides is 2. The van der Waals surface area contributed by atoms with E-state index in [4.69, 9.17) is 9.15 Å². The van der Waals surface area contributed by atoms with Crippen LogP contribution in [0.25, 0.3) is 11.5 Å². The zero-order chi connectivity index (χ0) is 19.9. The largest absolute Gasteiger partial charge is 0.497 e. The van der Waals surface area contributed by atoms with Gasteiger partial charge in [-0.3, -0.25) is 14.9 Å². The fourth-order valence-electron chi connectivity index (χ4n) is 2.48. The summed E-state index contributed by atoms with van der Waals surface area (Å²) in [6, 6.07) is 13.7. The molecule has 0 saturated heterocycles. The van der Waals surface area contributed by atoms with E-state index >= 15 is 0 Å². The summed E-state index contributed by atoms with van der Waals surface area (Å²) in [7, 11) is 1.58. The monoisotopic (exact) mass is 380 g/mol. The molecule has 2 amide bonds. The molecule has 0 atom stereocenters. The van der Waals surface area contributed by atoms with Crippen molar-refractivity contribution in [1.82, 2.24) is 10.2 Å². The minimum Gasteiger partial charge on any atom is -0.497 e. The van der Waals surface area contributed by atoms with Crippen molar-refractivity contribution in [2.24, 2.45) is 0 Å². The molecule has 1 aromatic heterocycles. The fourth-order valence-corrected chi connectivity index (χ4v) is 2.48. The van der Waals surface area contributed by atoms with Gasteiger partial charge in [-0.1, -0.05) is 18.1 Å². The second kappa shape index (κ2) is 8.81. The minimum atomic E-state index is -0.420. The molecule has 28 heavy (non-hydrogen) atoms. The Morgan fingerprint density at radius 3 is 2.57 bits per heavy atom. The van der Waals surface area contributed by atoms with Gasteiger partial charge < -0.3 is 14.5 Å². The average Bonchev–Trinajstić information content (AvgIpc) is 3.17. The van der Waals surface area contributed by atoms with E-state index in [0.29, 0.717) is 29.0 Å². The molecule has 2 aromatic carbocycles. The third kappa shape index (κ3) is 4.73. The van der Waals surface area contributed by atoms with Crippen LogP contribution in [0.15, 0.2) is 52.9 Å². The molecular formula is C20H20N4O4. The minimum absolute atomic E-state index is 0.0174. The van der Waals surface area contributed by atoms with Crippen molar-refractivity contribution in [3.63, 3.8) is 0 Å². The zero-order valence-corrected chi connectivity index (χ0v) is 15.6. The second-order valence-electron chi connectivity index (χ2n) is 5.97. The Kier molecular flexibility index (Phi) is 6.01. The maximum Gasteiger partial charge on any atom is 0.322 e. The highest BCUT2D eigenvalue weighted by Gasteiger charge is 2.13. The number of rotatable bonds is 7. The van der Waals surface area contributed by atoms with Crippen LogP contribution in [0, 0.1) is 0 Å². The van der Waals surface area contributed by atoms with Crippen LogP contribution >= 0.6 is 0 Å². The molecule has 8 nitrogen and oxygen atoms in total. The first kappa shape index (κ1) is 19.1. The van der Waals surface area contributed by atoms with Gasteiger partial charge in [0.2, 0.25) is 11.8 Å². The normalized spacial score (nSPS) is 10.4. The van der Waals surface area contributed by atoms with Crippen molar-refractivity contribution in [3.05, 3.63) is 54.1 Å². The van der Waals surface area contributed by atoms with Gasteiger partial charge in [-0.25, -0.2) is 0 Å². The highest BCUT2D eigenvalue weighted by Crippen LogP contribution is 2.23. The average molecular weight is 380 g/mol. The standard InChI is InChI=1S/C20H20N4O4/c1-3-5-17(25)21-15-7-4-6-14(12-15)18(26)22-20-24-23-19(28-20)13-8-10-16(27-2)11-9-13/h4,6-12H,3,5H2,1-2H3,(H,21,25)(H,22,24,26). The van der Waals surface area contributed by atoms with Crippen LogP contribution in [0.3, 0.4) is 0 Å². The van der Waals surface area contributed by atoms with E-state index in [1.54, 1.807) is 55.6 Å². The molecule has 0 aliphatic carbocycles. The number of nitrogens with one attached hydrogen (secondary N) is 2. The van der Waals surface area contributed by atoms with Gasteiger partial charge in [-0.2, -0.15) is 0 Å². The maximum atomic E-state index is 12.4. The van der Waals surface area contributed by atoms with Crippen molar-refractivity contribution >= 4 is 23.5 Å². The van der Waals surface area contributed by atoms with E-state index in [1.807, 2.05) is 6.92 Å². The van der Waals surface area contributed by atoms with E-state index in [0.717, 1.165) is 6.42 Å². The zero-order valence-electron chi connectivity index (χ0n) is 15.6. The number of anilines is 2. The summed E-state index contributed by atoms with van der Waals surface area (Å²) in [6.07, 6.45) is 1.17. The Balaban J connectivity index is 1.68. The summed E-state index contributed by atoms with van der Waals surface area (Å²) in [4.78, 5) is 24.1. The topological polar surface area (TPSA) is 106 Å². The lowest BCUT2D eigenvalue weighted by Crippen LogP contribution is -2.14. The van der Waals surface area contributed by atoms with Crippen LogP contribution in [0.1, 0.15) is 30.1 Å². The molecule has 8 heteroatoms. The quantitative estimate of drug-likeness (QED) is 0.647. The highest BCUT2D eigenvalue weighted by molar-refractivity contribution is 6.04. The number of hydrogen-bond acceptors (Lipinski definition) is 6. The highest BCUT2D eigenvalue weighted by atomic mass is 16.5. The number of methoxy groups -OCH3 is 1. The molecule has 3 aromatic rings. The maximum absolute atomic E-state index is 12.4. The van der Waals surface area contributed by atoms with Gasteiger partial charge in [-0.05, 0) is 48.9 Å². The van der Waals surface area contributed by atoms with E-state index in [-0.39, 0.29) is 17.8 Å². The second-order valence-corrected chi connectivity index (χ2v) is 5.97. The van der Waals surface area contributed by atoms with Gasteiger partial charge in [0.1, 0.15) is 5.75 Å². The summed E-state index contributed by atoms with van der Waals surface area (Å²) in [5, 5.41) is 13.1. The van der Waals surface area contributed by atoms with Gasteiger partial charge in [-0.15, -0.1) is 5.10 Å². The van der Waals surface area contributed by atoms with E-state index < -0.39 is 5.91 Å². The number of carbonyl (C=O) groups is 2. The molecule has 0 aliphatic rings.